The van der Waals surface area contributed by atoms with Gasteiger partial charge >= 0.3 is 0 Å². The third-order valence-corrected chi connectivity index (χ3v) is 7.62. The van der Waals surface area contributed by atoms with Gasteiger partial charge in [-0.3, -0.25) is 9.59 Å². The van der Waals surface area contributed by atoms with E-state index in [0.29, 0.717) is 0 Å². The summed E-state index contributed by atoms with van der Waals surface area (Å²) < 4.78 is 0. The van der Waals surface area contributed by atoms with Crippen molar-refractivity contribution >= 4 is 11.8 Å². The van der Waals surface area contributed by atoms with Crippen molar-refractivity contribution in [3.8, 4) is 0 Å². The maximum Gasteiger partial charge on any atom is 0.251 e. The van der Waals surface area contributed by atoms with Crippen LogP contribution in [0, 0.1) is 22.7 Å². The largest absolute Gasteiger partial charge is 0.351 e. The Kier molecular flexibility index (Phi) is 4.88. The van der Waals surface area contributed by atoms with Gasteiger partial charge in [0.05, 0.1) is 0 Å². The van der Waals surface area contributed by atoms with Gasteiger partial charge in [0.1, 0.15) is 0 Å². The fourth-order valence-electron chi connectivity index (χ4n) is 6.98. The molecule has 4 bridgehead atoms. The summed E-state index contributed by atoms with van der Waals surface area (Å²) in [7, 11) is 0. The monoisotopic (exact) mass is 402 g/mol. The standard InChI is InChI=1S/C26H30N2O2/c29-23(21-7-3-1-4-8-21)27-17-25-12-19-11-20(13-25)15-26(14-19,16-25)18-28-24(30)22-9-5-2-6-10-22/h1-10,19-20H,11-18H2,(H,27,29)(H,28,30). The number of hydrogen-bond acceptors (Lipinski definition) is 2. The number of amides is 2. The number of carbonyl (C=O) groups is 2. The van der Waals surface area contributed by atoms with Crippen LogP contribution in [0.2, 0.25) is 0 Å². The molecule has 156 valence electrons. The van der Waals surface area contributed by atoms with Crippen LogP contribution in [-0.2, 0) is 0 Å². The van der Waals surface area contributed by atoms with Crippen LogP contribution >= 0.6 is 0 Å². The van der Waals surface area contributed by atoms with Gasteiger partial charge in [-0.1, -0.05) is 36.4 Å². The van der Waals surface area contributed by atoms with E-state index < -0.39 is 0 Å². The van der Waals surface area contributed by atoms with E-state index in [4.69, 9.17) is 0 Å². The van der Waals surface area contributed by atoms with E-state index >= 15 is 0 Å². The molecule has 4 aliphatic carbocycles. The average molecular weight is 403 g/mol. The zero-order valence-electron chi connectivity index (χ0n) is 17.4. The second-order valence-corrected chi connectivity index (χ2v) is 10.1. The quantitative estimate of drug-likeness (QED) is 0.751. The summed E-state index contributed by atoms with van der Waals surface area (Å²) in [6.07, 6.45) is 7.29. The number of nitrogens with one attached hydrogen (secondary N) is 2. The minimum absolute atomic E-state index is 0.0257. The fourth-order valence-corrected chi connectivity index (χ4v) is 6.98. The number of rotatable bonds is 6. The molecule has 0 aromatic heterocycles. The Balaban J connectivity index is 1.26. The molecular weight excluding hydrogens is 372 g/mol. The van der Waals surface area contributed by atoms with Gasteiger partial charge in [-0.2, -0.15) is 0 Å². The van der Waals surface area contributed by atoms with E-state index in [1.54, 1.807) is 0 Å². The molecule has 0 aliphatic heterocycles. The molecule has 2 amide bonds. The van der Waals surface area contributed by atoms with Gasteiger partial charge in [0.2, 0.25) is 0 Å². The van der Waals surface area contributed by atoms with Gasteiger partial charge in [0.15, 0.2) is 0 Å². The van der Waals surface area contributed by atoms with Crippen LogP contribution < -0.4 is 10.6 Å². The van der Waals surface area contributed by atoms with Crippen LogP contribution in [0.4, 0.5) is 0 Å². The van der Waals surface area contributed by atoms with Crippen molar-refractivity contribution in [3.05, 3.63) is 71.8 Å². The minimum atomic E-state index is 0.0257. The molecule has 4 saturated carbocycles. The van der Waals surface area contributed by atoms with Crippen LogP contribution in [0.25, 0.3) is 0 Å². The summed E-state index contributed by atoms with van der Waals surface area (Å²) in [5, 5.41) is 6.48. The molecule has 2 aromatic carbocycles. The fraction of sp³-hybridized carbons (Fsp3) is 0.462. The Morgan fingerprint density at radius 3 is 1.50 bits per heavy atom. The van der Waals surface area contributed by atoms with Crippen molar-refractivity contribution in [1.82, 2.24) is 10.6 Å². The predicted octanol–water partition coefficient (Wildman–Crippen LogP) is 4.43. The van der Waals surface area contributed by atoms with Crippen LogP contribution in [0.15, 0.2) is 60.7 Å². The third-order valence-electron chi connectivity index (χ3n) is 7.62. The highest BCUT2D eigenvalue weighted by Crippen LogP contribution is 2.64. The summed E-state index contributed by atoms with van der Waals surface area (Å²) in [5.41, 5.74) is 1.83. The normalized spacial score (nSPS) is 31.3. The predicted molar refractivity (Wildman–Crippen MR) is 117 cm³/mol. The van der Waals surface area contributed by atoms with Crippen LogP contribution in [0.3, 0.4) is 0 Å². The first-order valence-electron chi connectivity index (χ1n) is 11.2. The first-order chi connectivity index (χ1) is 14.5. The zero-order valence-corrected chi connectivity index (χ0v) is 17.4. The van der Waals surface area contributed by atoms with Gasteiger partial charge in [0, 0.05) is 24.2 Å². The van der Waals surface area contributed by atoms with Crippen LogP contribution in [0.5, 0.6) is 0 Å². The third kappa shape index (κ3) is 3.76. The summed E-state index contributed by atoms with van der Waals surface area (Å²) in [5.74, 6) is 1.51. The lowest BCUT2D eigenvalue weighted by molar-refractivity contribution is -0.105. The zero-order chi connectivity index (χ0) is 20.6. The SMILES string of the molecule is O=C(NCC12CC3CC(C1)CC(CNC(=O)c1ccccc1)(C3)C2)c1ccccc1. The molecule has 30 heavy (non-hydrogen) atoms. The van der Waals surface area contributed by atoms with E-state index in [1.165, 1.54) is 32.1 Å². The smallest absolute Gasteiger partial charge is 0.251 e. The highest BCUT2D eigenvalue weighted by Gasteiger charge is 2.57. The molecule has 2 aromatic rings. The molecule has 0 unspecified atom stereocenters. The van der Waals surface area contributed by atoms with Crippen molar-refractivity contribution in [2.24, 2.45) is 22.7 Å². The molecule has 4 fully saturated rings. The summed E-state index contributed by atoms with van der Waals surface area (Å²) in [6, 6.07) is 19.0. The number of carbonyl (C=O) groups excluding carboxylic acids is 2. The molecule has 0 atom stereocenters. The Bertz CT molecular complexity index is 837. The second kappa shape index (κ2) is 7.57. The van der Waals surface area contributed by atoms with Crippen molar-refractivity contribution in [1.29, 1.82) is 0 Å². The molecule has 4 nitrogen and oxygen atoms in total. The highest BCUT2D eigenvalue weighted by molar-refractivity contribution is 5.94. The lowest BCUT2D eigenvalue weighted by atomic mass is 9.44. The molecule has 0 saturated heterocycles. The second-order valence-electron chi connectivity index (χ2n) is 10.1. The Labute approximate surface area is 178 Å². The Morgan fingerprint density at radius 2 is 1.10 bits per heavy atom. The average Bonchev–Trinajstić information content (AvgIpc) is 2.76. The molecule has 0 radical (unpaired) electrons. The first kappa shape index (κ1) is 19.3. The summed E-state index contributed by atoms with van der Waals surface area (Å²) in [4.78, 5) is 25.2. The summed E-state index contributed by atoms with van der Waals surface area (Å²) in [6.45, 7) is 1.50. The molecular formula is C26H30N2O2. The lowest BCUT2D eigenvalue weighted by Gasteiger charge is -2.62. The van der Waals surface area contributed by atoms with E-state index in [1.807, 2.05) is 60.7 Å². The van der Waals surface area contributed by atoms with Gasteiger partial charge in [-0.05, 0) is 85.5 Å². The van der Waals surface area contributed by atoms with Crippen molar-refractivity contribution in [2.45, 2.75) is 38.5 Å². The molecule has 0 heterocycles. The molecule has 4 heteroatoms. The first-order valence-corrected chi connectivity index (χ1v) is 11.2. The lowest BCUT2D eigenvalue weighted by Crippen LogP contribution is -2.58. The van der Waals surface area contributed by atoms with Crippen molar-refractivity contribution < 1.29 is 9.59 Å². The topological polar surface area (TPSA) is 58.2 Å². The summed E-state index contributed by atoms with van der Waals surface area (Å²) >= 11 is 0. The van der Waals surface area contributed by atoms with Crippen LogP contribution in [-0.4, -0.2) is 24.9 Å². The van der Waals surface area contributed by atoms with Gasteiger partial charge in [0.25, 0.3) is 11.8 Å². The maximum atomic E-state index is 12.6. The van der Waals surface area contributed by atoms with Crippen molar-refractivity contribution in [3.63, 3.8) is 0 Å². The van der Waals surface area contributed by atoms with E-state index in [0.717, 1.165) is 42.5 Å². The number of hydrogen-bond donors (Lipinski definition) is 2. The molecule has 6 rings (SSSR count). The Hall–Kier alpha value is -2.62. The number of benzene rings is 2. The Morgan fingerprint density at radius 1 is 0.700 bits per heavy atom. The highest BCUT2D eigenvalue weighted by atomic mass is 16.2. The maximum absolute atomic E-state index is 12.6. The molecule has 4 aliphatic rings. The van der Waals surface area contributed by atoms with Crippen molar-refractivity contribution in [2.75, 3.05) is 13.1 Å². The van der Waals surface area contributed by atoms with Gasteiger partial charge in [-0.15, -0.1) is 0 Å². The van der Waals surface area contributed by atoms with Gasteiger partial charge in [-0.25, -0.2) is 0 Å². The minimum Gasteiger partial charge on any atom is -0.351 e. The van der Waals surface area contributed by atoms with E-state index in [9.17, 15) is 9.59 Å². The van der Waals surface area contributed by atoms with E-state index in [2.05, 4.69) is 10.6 Å². The molecule has 2 N–H and O–H groups in total. The van der Waals surface area contributed by atoms with Gasteiger partial charge < -0.3 is 10.6 Å². The van der Waals surface area contributed by atoms with E-state index in [-0.39, 0.29) is 22.6 Å². The molecule has 0 spiro atoms. The van der Waals surface area contributed by atoms with Crippen LogP contribution in [0.1, 0.15) is 59.2 Å².